The van der Waals surface area contributed by atoms with Crippen molar-refractivity contribution in [1.82, 2.24) is 0 Å². The maximum Gasteiger partial charge on any atom is 0.195 e. The molecule has 0 unspecified atom stereocenters. The summed E-state index contributed by atoms with van der Waals surface area (Å²) in [6.45, 7) is 2.90. The van der Waals surface area contributed by atoms with Crippen LogP contribution >= 0.6 is 0 Å². The van der Waals surface area contributed by atoms with Crippen molar-refractivity contribution < 1.29 is 19.5 Å². The summed E-state index contributed by atoms with van der Waals surface area (Å²) < 4.78 is 0. The van der Waals surface area contributed by atoms with E-state index in [0.29, 0.717) is 22.3 Å². The van der Waals surface area contributed by atoms with E-state index in [9.17, 15) is 19.5 Å². The number of hydrogen-bond donors (Lipinski definition) is 1. The van der Waals surface area contributed by atoms with E-state index in [4.69, 9.17) is 0 Å². The summed E-state index contributed by atoms with van der Waals surface area (Å²) in [6.07, 6.45) is -1.30. The Balaban J connectivity index is 2.20. The lowest BCUT2D eigenvalue weighted by Crippen LogP contribution is -2.12. The summed E-state index contributed by atoms with van der Waals surface area (Å²) >= 11 is 0. The first kappa shape index (κ1) is 15.8. The lowest BCUT2D eigenvalue weighted by Gasteiger charge is -2.11. The number of carbonyl (C=O) groups excluding carboxylic acids is 3. The molecule has 112 valence electrons. The van der Waals surface area contributed by atoms with Crippen LogP contribution in [0.1, 0.15) is 56.6 Å². The van der Waals surface area contributed by atoms with Crippen LogP contribution in [0.5, 0.6) is 0 Å². The van der Waals surface area contributed by atoms with Crippen molar-refractivity contribution in [3.05, 3.63) is 70.8 Å². The lowest BCUT2D eigenvalue weighted by molar-refractivity contribution is 0.0747. The number of aliphatic hydroxyl groups excluding tert-OH is 1. The standard InChI is InChI=1S/C18H16O4/c1-11(19)13-3-7-15(8-4-13)17(21)18(22)16-9-5-14(6-10-16)12(2)20/h3-10,17,21H,1-2H3/t17-/m1/s1. The van der Waals surface area contributed by atoms with Gasteiger partial charge in [-0.2, -0.15) is 0 Å². The molecular weight excluding hydrogens is 280 g/mol. The van der Waals surface area contributed by atoms with Crippen molar-refractivity contribution in [2.45, 2.75) is 20.0 Å². The van der Waals surface area contributed by atoms with Crippen molar-refractivity contribution in [2.75, 3.05) is 0 Å². The van der Waals surface area contributed by atoms with E-state index >= 15 is 0 Å². The molecule has 2 aromatic carbocycles. The normalized spacial score (nSPS) is 11.8. The fraction of sp³-hybridized carbons (Fsp3) is 0.167. The SMILES string of the molecule is CC(=O)c1ccc(C(=O)[C@H](O)c2ccc(C(C)=O)cc2)cc1. The van der Waals surface area contributed by atoms with E-state index in [0.717, 1.165) is 0 Å². The molecule has 0 radical (unpaired) electrons. The molecule has 0 saturated carbocycles. The van der Waals surface area contributed by atoms with Crippen LogP contribution in [0.3, 0.4) is 0 Å². The van der Waals surface area contributed by atoms with Crippen LogP contribution in [0.2, 0.25) is 0 Å². The summed E-state index contributed by atoms with van der Waals surface area (Å²) in [5.74, 6) is -0.614. The molecule has 22 heavy (non-hydrogen) atoms. The summed E-state index contributed by atoms with van der Waals surface area (Å²) in [5, 5.41) is 10.1. The average molecular weight is 296 g/mol. The fourth-order valence-corrected chi connectivity index (χ4v) is 2.08. The number of benzene rings is 2. The largest absolute Gasteiger partial charge is 0.380 e. The van der Waals surface area contributed by atoms with E-state index < -0.39 is 11.9 Å². The highest BCUT2D eigenvalue weighted by molar-refractivity contribution is 6.01. The van der Waals surface area contributed by atoms with Crippen molar-refractivity contribution in [2.24, 2.45) is 0 Å². The maximum atomic E-state index is 12.2. The second kappa shape index (κ2) is 6.45. The highest BCUT2D eigenvalue weighted by Crippen LogP contribution is 2.19. The molecule has 0 aliphatic rings. The van der Waals surface area contributed by atoms with Gasteiger partial charge in [0.25, 0.3) is 0 Å². The molecule has 1 N–H and O–H groups in total. The number of rotatable bonds is 5. The van der Waals surface area contributed by atoms with E-state index in [1.54, 1.807) is 36.4 Å². The molecule has 2 aromatic rings. The van der Waals surface area contributed by atoms with Gasteiger partial charge in [-0.1, -0.05) is 48.5 Å². The zero-order chi connectivity index (χ0) is 16.3. The third kappa shape index (κ3) is 3.35. The quantitative estimate of drug-likeness (QED) is 0.861. The van der Waals surface area contributed by atoms with Gasteiger partial charge >= 0.3 is 0 Å². The van der Waals surface area contributed by atoms with E-state index in [1.165, 1.54) is 26.0 Å². The van der Waals surface area contributed by atoms with Gasteiger partial charge in [0.15, 0.2) is 17.3 Å². The number of Topliss-reactive ketones (excluding diaryl/α,β-unsaturated/α-hetero) is 3. The van der Waals surface area contributed by atoms with Crippen LogP contribution in [-0.4, -0.2) is 22.5 Å². The first-order valence-electron chi connectivity index (χ1n) is 6.84. The van der Waals surface area contributed by atoms with Crippen LogP contribution in [0.25, 0.3) is 0 Å². The van der Waals surface area contributed by atoms with Gasteiger partial charge in [-0.25, -0.2) is 0 Å². The van der Waals surface area contributed by atoms with Gasteiger partial charge in [0.2, 0.25) is 0 Å². The molecule has 0 aliphatic heterocycles. The van der Waals surface area contributed by atoms with Gasteiger partial charge in [0.05, 0.1) is 0 Å². The number of aliphatic hydroxyl groups is 1. The summed E-state index contributed by atoms with van der Waals surface area (Å²) in [5.41, 5.74) is 1.78. The Hall–Kier alpha value is -2.59. The molecule has 0 amide bonds. The Morgan fingerprint density at radius 1 is 0.727 bits per heavy atom. The Morgan fingerprint density at radius 3 is 1.50 bits per heavy atom. The number of hydrogen-bond acceptors (Lipinski definition) is 4. The molecule has 0 spiro atoms. The molecule has 0 heterocycles. The molecule has 1 atom stereocenters. The van der Waals surface area contributed by atoms with E-state index in [-0.39, 0.29) is 11.6 Å². The van der Waals surface area contributed by atoms with Crippen LogP contribution in [0, 0.1) is 0 Å². The van der Waals surface area contributed by atoms with Gasteiger partial charge in [0, 0.05) is 16.7 Å². The first-order chi connectivity index (χ1) is 10.4. The average Bonchev–Trinajstić information content (AvgIpc) is 2.53. The topological polar surface area (TPSA) is 71.4 Å². The van der Waals surface area contributed by atoms with Gasteiger partial charge in [-0.3, -0.25) is 14.4 Å². The highest BCUT2D eigenvalue weighted by Gasteiger charge is 2.19. The van der Waals surface area contributed by atoms with Gasteiger partial charge in [-0.05, 0) is 19.4 Å². The number of ketones is 3. The summed E-state index contributed by atoms with van der Waals surface area (Å²) in [6, 6.07) is 12.4. The van der Waals surface area contributed by atoms with Crippen LogP contribution in [0.4, 0.5) is 0 Å². The zero-order valence-corrected chi connectivity index (χ0v) is 12.4. The molecule has 0 bridgehead atoms. The number of carbonyl (C=O) groups is 3. The third-order valence-electron chi connectivity index (χ3n) is 3.46. The Labute approximate surface area is 128 Å². The second-order valence-corrected chi connectivity index (χ2v) is 5.08. The molecule has 0 aromatic heterocycles. The summed E-state index contributed by atoms with van der Waals surface area (Å²) in [7, 11) is 0. The maximum absolute atomic E-state index is 12.2. The van der Waals surface area contributed by atoms with E-state index in [1.807, 2.05) is 0 Å². The molecule has 0 saturated heterocycles. The molecule has 4 nitrogen and oxygen atoms in total. The minimum atomic E-state index is -1.30. The van der Waals surface area contributed by atoms with Gasteiger partial charge < -0.3 is 5.11 Å². The Morgan fingerprint density at radius 2 is 1.09 bits per heavy atom. The monoisotopic (exact) mass is 296 g/mol. The third-order valence-corrected chi connectivity index (χ3v) is 3.46. The predicted octanol–water partition coefficient (Wildman–Crippen LogP) is 3.01. The zero-order valence-electron chi connectivity index (χ0n) is 12.4. The van der Waals surface area contributed by atoms with Crippen molar-refractivity contribution >= 4 is 17.3 Å². The van der Waals surface area contributed by atoms with Crippen LogP contribution in [0.15, 0.2) is 48.5 Å². The summed E-state index contributed by atoms with van der Waals surface area (Å²) in [4.78, 5) is 34.7. The Kier molecular flexibility index (Phi) is 4.63. The lowest BCUT2D eigenvalue weighted by atomic mass is 9.97. The van der Waals surface area contributed by atoms with Crippen molar-refractivity contribution in [3.8, 4) is 0 Å². The van der Waals surface area contributed by atoms with Crippen LogP contribution in [-0.2, 0) is 0 Å². The molecule has 0 aliphatic carbocycles. The fourth-order valence-electron chi connectivity index (χ4n) is 2.08. The minimum absolute atomic E-state index is 0.0767. The van der Waals surface area contributed by atoms with Gasteiger partial charge in [0.1, 0.15) is 6.10 Å². The molecule has 2 rings (SSSR count). The molecule has 0 fully saturated rings. The van der Waals surface area contributed by atoms with Crippen molar-refractivity contribution in [3.63, 3.8) is 0 Å². The predicted molar refractivity (Wildman–Crippen MR) is 82.2 cm³/mol. The minimum Gasteiger partial charge on any atom is -0.380 e. The Bertz CT molecular complexity index is 712. The highest BCUT2D eigenvalue weighted by atomic mass is 16.3. The smallest absolute Gasteiger partial charge is 0.195 e. The van der Waals surface area contributed by atoms with Crippen LogP contribution < -0.4 is 0 Å². The first-order valence-corrected chi connectivity index (χ1v) is 6.84. The molecule has 4 heteroatoms. The van der Waals surface area contributed by atoms with Gasteiger partial charge in [-0.15, -0.1) is 0 Å². The second-order valence-electron chi connectivity index (χ2n) is 5.08. The van der Waals surface area contributed by atoms with Crippen molar-refractivity contribution in [1.29, 1.82) is 0 Å². The van der Waals surface area contributed by atoms with E-state index in [2.05, 4.69) is 0 Å². The molecular formula is C18H16O4.